The van der Waals surface area contributed by atoms with Crippen molar-refractivity contribution in [2.45, 2.75) is 39.0 Å². The summed E-state index contributed by atoms with van der Waals surface area (Å²) in [5.74, 6) is 0.262. The van der Waals surface area contributed by atoms with Crippen LogP contribution in [0.3, 0.4) is 0 Å². The first-order valence-electron chi connectivity index (χ1n) is 12.1. The number of nitrogens with zero attached hydrogens (tertiary/aromatic N) is 2. The molecule has 1 aliphatic heterocycles. The standard InChI is InChI=1S/C29H29Br2ClN2O4/c1-29(2,3)38-28(36)34-13-14-37-26-20(17-34)15-22(31)16-24(26)27(35)33(4)25(18-5-9-21(30)10-6-18)19-7-11-23(32)12-8-19/h5-12,15-16,25H,13-14,17H2,1-4H3. The van der Waals surface area contributed by atoms with E-state index in [-0.39, 0.29) is 25.1 Å². The number of halogens is 3. The number of hydrogen-bond acceptors (Lipinski definition) is 4. The van der Waals surface area contributed by atoms with Crippen molar-refractivity contribution >= 4 is 55.5 Å². The van der Waals surface area contributed by atoms with Crippen LogP contribution in [0.25, 0.3) is 0 Å². The minimum atomic E-state index is -0.613. The molecule has 0 radical (unpaired) electrons. The highest BCUT2D eigenvalue weighted by molar-refractivity contribution is 9.10. The third kappa shape index (κ3) is 6.71. The van der Waals surface area contributed by atoms with Crippen LogP contribution in [-0.2, 0) is 11.3 Å². The second-order valence-electron chi connectivity index (χ2n) is 10.1. The van der Waals surface area contributed by atoms with Gasteiger partial charge >= 0.3 is 6.09 Å². The molecule has 200 valence electrons. The van der Waals surface area contributed by atoms with Gasteiger partial charge in [-0.3, -0.25) is 4.79 Å². The first-order chi connectivity index (χ1) is 17.9. The Morgan fingerprint density at radius 1 is 1.00 bits per heavy atom. The monoisotopic (exact) mass is 662 g/mol. The van der Waals surface area contributed by atoms with Crippen molar-refractivity contribution in [2.75, 3.05) is 20.2 Å². The van der Waals surface area contributed by atoms with Crippen molar-refractivity contribution in [3.8, 4) is 5.75 Å². The number of hydrogen-bond donors (Lipinski definition) is 0. The number of benzene rings is 3. The molecule has 0 N–H and O–H groups in total. The molecule has 1 heterocycles. The molecule has 0 saturated carbocycles. The largest absolute Gasteiger partial charge is 0.491 e. The van der Waals surface area contributed by atoms with E-state index in [0.29, 0.717) is 27.4 Å². The van der Waals surface area contributed by atoms with Gasteiger partial charge in [-0.2, -0.15) is 0 Å². The molecule has 38 heavy (non-hydrogen) atoms. The molecule has 6 nitrogen and oxygen atoms in total. The van der Waals surface area contributed by atoms with Gasteiger partial charge in [-0.25, -0.2) is 4.79 Å². The SMILES string of the molecule is CN(C(=O)c1cc(Br)cc2c1OCCN(C(=O)OC(C)(C)C)C2)C(c1ccc(Cl)cc1)c1ccc(Br)cc1. The zero-order valence-electron chi connectivity index (χ0n) is 21.6. The Bertz CT molecular complexity index is 1280. The maximum absolute atomic E-state index is 14.1. The van der Waals surface area contributed by atoms with E-state index in [2.05, 4.69) is 31.9 Å². The Hall–Kier alpha value is -2.55. The van der Waals surface area contributed by atoms with Crippen LogP contribution >= 0.6 is 43.5 Å². The van der Waals surface area contributed by atoms with Crippen LogP contribution in [0.15, 0.2) is 69.6 Å². The molecule has 3 aromatic carbocycles. The van der Waals surface area contributed by atoms with Gasteiger partial charge in [0.05, 0.1) is 24.7 Å². The molecular formula is C29H29Br2ClN2O4. The smallest absolute Gasteiger partial charge is 0.410 e. The van der Waals surface area contributed by atoms with Gasteiger partial charge in [-0.1, -0.05) is 67.7 Å². The van der Waals surface area contributed by atoms with Gasteiger partial charge in [0.25, 0.3) is 5.91 Å². The molecule has 3 aromatic rings. The lowest BCUT2D eigenvalue weighted by Crippen LogP contribution is -2.37. The summed E-state index contributed by atoms with van der Waals surface area (Å²) in [4.78, 5) is 30.2. The van der Waals surface area contributed by atoms with Crippen LogP contribution in [0.5, 0.6) is 5.75 Å². The highest BCUT2D eigenvalue weighted by atomic mass is 79.9. The van der Waals surface area contributed by atoms with E-state index in [1.54, 1.807) is 22.9 Å². The van der Waals surface area contributed by atoms with Crippen LogP contribution < -0.4 is 4.74 Å². The number of amides is 2. The molecule has 0 aromatic heterocycles. The molecule has 1 atom stereocenters. The molecule has 0 saturated heterocycles. The summed E-state index contributed by atoms with van der Waals surface area (Å²) in [6.07, 6.45) is -0.419. The molecule has 0 aliphatic carbocycles. The summed E-state index contributed by atoms with van der Waals surface area (Å²) >= 11 is 13.2. The maximum Gasteiger partial charge on any atom is 0.410 e. The van der Waals surface area contributed by atoms with Gasteiger partial charge < -0.3 is 19.3 Å². The molecule has 9 heteroatoms. The zero-order chi connectivity index (χ0) is 27.6. The highest BCUT2D eigenvalue weighted by Crippen LogP contribution is 2.36. The Morgan fingerprint density at radius 2 is 1.61 bits per heavy atom. The van der Waals surface area contributed by atoms with Crippen LogP contribution in [0.2, 0.25) is 5.02 Å². The summed E-state index contributed by atoms with van der Waals surface area (Å²) in [5, 5.41) is 0.623. The van der Waals surface area contributed by atoms with Crippen molar-refractivity contribution in [3.63, 3.8) is 0 Å². The summed E-state index contributed by atoms with van der Waals surface area (Å²) in [5.41, 5.74) is 2.40. The molecule has 4 rings (SSSR count). The fraction of sp³-hybridized carbons (Fsp3) is 0.310. The summed E-state index contributed by atoms with van der Waals surface area (Å²) in [6.45, 7) is 6.35. The molecule has 2 amide bonds. The minimum Gasteiger partial charge on any atom is -0.491 e. The van der Waals surface area contributed by atoms with E-state index in [9.17, 15) is 9.59 Å². The third-order valence-electron chi connectivity index (χ3n) is 6.06. The normalized spacial score (nSPS) is 14.1. The van der Waals surface area contributed by atoms with Crippen molar-refractivity contribution in [2.24, 2.45) is 0 Å². The highest BCUT2D eigenvalue weighted by Gasteiger charge is 2.31. The lowest BCUT2D eigenvalue weighted by Gasteiger charge is -2.30. The van der Waals surface area contributed by atoms with E-state index >= 15 is 0 Å². The number of fused-ring (bicyclic) bond motifs is 1. The number of ether oxygens (including phenoxy) is 2. The Labute approximate surface area is 245 Å². The van der Waals surface area contributed by atoms with Gasteiger partial charge in [0.2, 0.25) is 0 Å². The van der Waals surface area contributed by atoms with Crippen molar-refractivity contribution in [1.29, 1.82) is 0 Å². The summed E-state index contributed by atoms with van der Waals surface area (Å²) < 4.78 is 13.3. The Kier molecular flexibility index (Phi) is 8.75. The number of carbonyl (C=O) groups is 2. The second kappa shape index (κ2) is 11.7. The molecule has 1 aliphatic rings. The van der Waals surface area contributed by atoms with Gasteiger partial charge in [0.1, 0.15) is 18.0 Å². The third-order valence-corrected chi connectivity index (χ3v) is 7.30. The number of rotatable bonds is 4. The van der Waals surface area contributed by atoms with E-state index in [0.717, 1.165) is 21.2 Å². The molecule has 0 spiro atoms. The number of carbonyl (C=O) groups excluding carboxylic acids is 2. The van der Waals surface area contributed by atoms with Crippen LogP contribution in [0.4, 0.5) is 4.79 Å². The van der Waals surface area contributed by atoms with Crippen LogP contribution in [0.1, 0.15) is 53.9 Å². The fourth-order valence-corrected chi connectivity index (χ4v) is 5.25. The van der Waals surface area contributed by atoms with Crippen molar-refractivity contribution in [1.82, 2.24) is 9.80 Å². The predicted molar refractivity (Wildman–Crippen MR) is 156 cm³/mol. The maximum atomic E-state index is 14.1. The van der Waals surface area contributed by atoms with Gasteiger partial charge in [0, 0.05) is 26.6 Å². The Morgan fingerprint density at radius 3 is 2.21 bits per heavy atom. The molecule has 0 fully saturated rings. The van der Waals surface area contributed by atoms with Crippen LogP contribution in [0, 0.1) is 0 Å². The average Bonchev–Trinajstić information content (AvgIpc) is 3.07. The van der Waals surface area contributed by atoms with E-state index in [1.165, 1.54) is 0 Å². The predicted octanol–water partition coefficient (Wildman–Crippen LogP) is 7.86. The first kappa shape index (κ1) is 28.5. The van der Waals surface area contributed by atoms with Crippen molar-refractivity contribution in [3.05, 3.63) is 96.9 Å². The molecular weight excluding hydrogens is 636 g/mol. The van der Waals surface area contributed by atoms with Gasteiger partial charge in [-0.15, -0.1) is 0 Å². The quantitative estimate of drug-likeness (QED) is 0.285. The topological polar surface area (TPSA) is 59.1 Å². The van der Waals surface area contributed by atoms with Crippen LogP contribution in [-0.4, -0.2) is 47.6 Å². The zero-order valence-corrected chi connectivity index (χ0v) is 25.6. The van der Waals surface area contributed by atoms with Gasteiger partial charge in [0.15, 0.2) is 0 Å². The lowest BCUT2D eigenvalue weighted by atomic mass is 9.96. The lowest BCUT2D eigenvalue weighted by molar-refractivity contribution is 0.0225. The molecule has 1 unspecified atom stereocenters. The molecule has 0 bridgehead atoms. The first-order valence-corrected chi connectivity index (χ1v) is 14.1. The fourth-order valence-electron chi connectivity index (χ4n) is 4.36. The van der Waals surface area contributed by atoms with E-state index < -0.39 is 11.7 Å². The van der Waals surface area contributed by atoms with Gasteiger partial charge in [-0.05, 0) is 68.3 Å². The average molecular weight is 665 g/mol. The Balaban J connectivity index is 1.71. The van der Waals surface area contributed by atoms with Crippen molar-refractivity contribution < 1.29 is 19.1 Å². The summed E-state index contributed by atoms with van der Waals surface area (Å²) in [6, 6.07) is 18.7. The summed E-state index contributed by atoms with van der Waals surface area (Å²) in [7, 11) is 1.78. The van der Waals surface area contributed by atoms with E-state index in [4.69, 9.17) is 21.1 Å². The van der Waals surface area contributed by atoms with E-state index in [1.807, 2.05) is 75.4 Å². The second-order valence-corrected chi connectivity index (χ2v) is 12.4. The minimum absolute atomic E-state index is 0.212.